The highest BCUT2D eigenvalue weighted by Gasteiger charge is 2.07. The van der Waals surface area contributed by atoms with E-state index in [9.17, 15) is 4.79 Å². The molecule has 0 heterocycles. The summed E-state index contributed by atoms with van der Waals surface area (Å²) < 4.78 is 0. The van der Waals surface area contributed by atoms with Gasteiger partial charge in [-0.15, -0.1) is 18.2 Å². The monoisotopic (exact) mass is 228 g/mol. The number of amides is 1. The zero-order valence-corrected chi connectivity index (χ0v) is 10.1. The fourth-order valence-electron chi connectivity index (χ4n) is 1.18. The molecule has 0 bridgehead atoms. The molecule has 0 rings (SSSR count). The summed E-state index contributed by atoms with van der Waals surface area (Å²) in [6, 6.07) is -0.00615. The van der Waals surface area contributed by atoms with Gasteiger partial charge >= 0.3 is 0 Å². The zero-order chi connectivity index (χ0) is 11.5. The van der Waals surface area contributed by atoms with E-state index in [1.54, 1.807) is 11.8 Å². The van der Waals surface area contributed by atoms with Gasteiger partial charge in [0.05, 0.1) is 5.75 Å². The standard InChI is InChI=1S/C11H20N2OS/c1-3-5-10(12)9-11(14)13-6-8-15-7-4-2/h2,10H,3,5-9,12H2,1H3,(H,13,14). The van der Waals surface area contributed by atoms with Crippen LogP contribution < -0.4 is 11.1 Å². The van der Waals surface area contributed by atoms with Gasteiger partial charge in [0.15, 0.2) is 0 Å². The molecule has 86 valence electrons. The topological polar surface area (TPSA) is 55.1 Å². The molecule has 0 aromatic rings. The van der Waals surface area contributed by atoms with E-state index in [1.807, 2.05) is 0 Å². The Hall–Kier alpha value is -0.660. The van der Waals surface area contributed by atoms with Crippen molar-refractivity contribution in [2.75, 3.05) is 18.1 Å². The minimum absolute atomic E-state index is 0.00615. The normalized spacial score (nSPS) is 11.8. The second-order valence-corrected chi connectivity index (χ2v) is 4.46. The molecule has 0 aliphatic carbocycles. The van der Waals surface area contributed by atoms with Gasteiger partial charge in [-0.2, -0.15) is 0 Å². The third-order valence-corrected chi connectivity index (χ3v) is 2.72. The third kappa shape index (κ3) is 9.64. The molecule has 0 aromatic heterocycles. The van der Waals surface area contributed by atoms with Gasteiger partial charge in [0.25, 0.3) is 0 Å². The molecule has 15 heavy (non-hydrogen) atoms. The molecule has 0 saturated carbocycles. The Morgan fingerprint density at radius 2 is 2.40 bits per heavy atom. The molecule has 0 spiro atoms. The summed E-state index contributed by atoms with van der Waals surface area (Å²) in [5.74, 6) is 4.13. The average molecular weight is 228 g/mol. The Kier molecular flexibility index (Phi) is 9.44. The van der Waals surface area contributed by atoms with E-state index in [2.05, 4.69) is 18.2 Å². The summed E-state index contributed by atoms with van der Waals surface area (Å²) in [7, 11) is 0. The lowest BCUT2D eigenvalue weighted by Gasteiger charge is -2.10. The Morgan fingerprint density at radius 1 is 1.67 bits per heavy atom. The highest BCUT2D eigenvalue weighted by Crippen LogP contribution is 1.99. The Bertz CT molecular complexity index is 213. The third-order valence-electron chi connectivity index (χ3n) is 1.86. The first-order valence-electron chi connectivity index (χ1n) is 5.24. The van der Waals surface area contributed by atoms with E-state index in [0.29, 0.717) is 18.7 Å². The van der Waals surface area contributed by atoms with E-state index in [-0.39, 0.29) is 11.9 Å². The van der Waals surface area contributed by atoms with Gasteiger partial charge in [0, 0.05) is 24.8 Å². The minimum Gasteiger partial charge on any atom is -0.355 e. The van der Waals surface area contributed by atoms with Crippen molar-refractivity contribution in [2.24, 2.45) is 5.73 Å². The predicted octanol–water partition coefficient (Wildman–Crippen LogP) is 0.986. The molecular formula is C11H20N2OS. The largest absolute Gasteiger partial charge is 0.355 e. The Morgan fingerprint density at radius 3 is 3.00 bits per heavy atom. The number of nitrogens with one attached hydrogen (secondary N) is 1. The molecule has 3 nitrogen and oxygen atoms in total. The van der Waals surface area contributed by atoms with Crippen LogP contribution in [0.2, 0.25) is 0 Å². The molecule has 0 radical (unpaired) electrons. The fourth-order valence-corrected chi connectivity index (χ4v) is 1.69. The van der Waals surface area contributed by atoms with Crippen molar-refractivity contribution in [3.8, 4) is 12.3 Å². The molecule has 0 aliphatic heterocycles. The van der Waals surface area contributed by atoms with Crippen LogP contribution in [0, 0.1) is 12.3 Å². The Balaban J connectivity index is 3.37. The second-order valence-electron chi connectivity index (χ2n) is 3.36. The van der Waals surface area contributed by atoms with Gasteiger partial charge in [0.1, 0.15) is 0 Å². The van der Waals surface area contributed by atoms with Crippen molar-refractivity contribution in [2.45, 2.75) is 32.2 Å². The van der Waals surface area contributed by atoms with Crippen molar-refractivity contribution >= 4 is 17.7 Å². The van der Waals surface area contributed by atoms with Crippen LogP contribution in [-0.2, 0) is 4.79 Å². The number of hydrogen-bond donors (Lipinski definition) is 2. The van der Waals surface area contributed by atoms with Crippen molar-refractivity contribution in [1.82, 2.24) is 5.32 Å². The number of carbonyl (C=O) groups is 1. The van der Waals surface area contributed by atoms with Crippen LogP contribution in [0.5, 0.6) is 0 Å². The SMILES string of the molecule is C#CCSCCNC(=O)CC(N)CCC. The van der Waals surface area contributed by atoms with Crippen molar-refractivity contribution in [1.29, 1.82) is 0 Å². The van der Waals surface area contributed by atoms with E-state index in [0.717, 1.165) is 18.6 Å². The Labute approximate surface area is 96.6 Å². The van der Waals surface area contributed by atoms with E-state index in [1.165, 1.54) is 0 Å². The van der Waals surface area contributed by atoms with Gasteiger partial charge in [-0.25, -0.2) is 0 Å². The summed E-state index contributed by atoms with van der Waals surface area (Å²) in [5.41, 5.74) is 5.74. The first kappa shape index (κ1) is 14.3. The van der Waals surface area contributed by atoms with Crippen LogP contribution in [0.25, 0.3) is 0 Å². The van der Waals surface area contributed by atoms with Crippen LogP contribution in [0.15, 0.2) is 0 Å². The van der Waals surface area contributed by atoms with Crippen LogP contribution in [-0.4, -0.2) is 30.0 Å². The molecule has 0 saturated heterocycles. The van der Waals surface area contributed by atoms with Crippen LogP contribution in [0.3, 0.4) is 0 Å². The van der Waals surface area contributed by atoms with E-state index in [4.69, 9.17) is 12.2 Å². The van der Waals surface area contributed by atoms with Crippen molar-refractivity contribution < 1.29 is 4.79 Å². The number of terminal acetylenes is 1. The first-order chi connectivity index (χ1) is 7.20. The minimum atomic E-state index is -0.00615. The molecular weight excluding hydrogens is 208 g/mol. The highest BCUT2D eigenvalue weighted by atomic mass is 32.2. The molecule has 3 N–H and O–H groups in total. The maximum Gasteiger partial charge on any atom is 0.221 e. The molecule has 1 unspecified atom stereocenters. The van der Waals surface area contributed by atoms with Crippen LogP contribution >= 0.6 is 11.8 Å². The molecule has 1 amide bonds. The summed E-state index contributed by atoms with van der Waals surface area (Å²) in [4.78, 5) is 11.3. The first-order valence-corrected chi connectivity index (χ1v) is 6.39. The van der Waals surface area contributed by atoms with Gasteiger partial charge in [-0.1, -0.05) is 19.3 Å². The van der Waals surface area contributed by atoms with Gasteiger partial charge in [-0.3, -0.25) is 4.79 Å². The summed E-state index contributed by atoms with van der Waals surface area (Å²) >= 11 is 1.64. The average Bonchev–Trinajstić information content (AvgIpc) is 2.17. The van der Waals surface area contributed by atoms with Gasteiger partial charge in [0.2, 0.25) is 5.91 Å². The predicted molar refractivity (Wildman–Crippen MR) is 66.7 cm³/mol. The van der Waals surface area contributed by atoms with Crippen LogP contribution in [0.4, 0.5) is 0 Å². The maximum atomic E-state index is 11.3. The van der Waals surface area contributed by atoms with E-state index < -0.39 is 0 Å². The fraction of sp³-hybridized carbons (Fsp3) is 0.727. The number of hydrogen-bond acceptors (Lipinski definition) is 3. The summed E-state index contributed by atoms with van der Waals surface area (Å²) in [6.45, 7) is 2.73. The number of thioether (sulfide) groups is 1. The van der Waals surface area contributed by atoms with E-state index >= 15 is 0 Å². The molecule has 4 heteroatoms. The van der Waals surface area contributed by atoms with Gasteiger partial charge in [-0.05, 0) is 6.42 Å². The number of nitrogens with two attached hydrogens (primary N) is 1. The smallest absolute Gasteiger partial charge is 0.221 e. The molecule has 0 aliphatic rings. The maximum absolute atomic E-state index is 11.3. The highest BCUT2D eigenvalue weighted by molar-refractivity contribution is 7.99. The molecule has 0 aromatic carbocycles. The zero-order valence-electron chi connectivity index (χ0n) is 9.29. The lowest BCUT2D eigenvalue weighted by Crippen LogP contribution is -2.32. The van der Waals surface area contributed by atoms with Crippen molar-refractivity contribution in [3.63, 3.8) is 0 Å². The lowest BCUT2D eigenvalue weighted by molar-refractivity contribution is -0.121. The summed E-state index contributed by atoms with van der Waals surface area (Å²) in [6.07, 6.45) is 7.44. The van der Waals surface area contributed by atoms with Crippen molar-refractivity contribution in [3.05, 3.63) is 0 Å². The number of carbonyl (C=O) groups excluding carboxylic acids is 1. The molecule has 0 fully saturated rings. The number of rotatable bonds is 8. The quantitative estimate of drug-likeness (QED) is 0.481. The second kappa shape index (κ2) is 9.88. The van der Waals surface area contributed by atoms with Crippen LogP contribution in [0.1, 0.15) is 26.2 Å². The molecule has 1 atom stereocenters. The lowest BCUT2D eigenvalue weighted by atomic mass is 10.1. The summed E-state index contributed by atoms with van der Waals surface area (Å²) in [5, 5.41) is 2.82. The van der Waals surface area contributed by atoms with Gasteiger partial charge < -0.3 is 11.1 Å².